The molecule has 1 atom stereocenters. The lowest BCUT2D eigenvalue weighted by molar-refractivity contribution is 0.514. The van der Waals surface area contributed by atoms with E-state index in [2.05, 4.69) is 12.1 Å². The van der Waals surface area contributed by atoms with Crippen LogP contribution in [-0.4, -0.2) is 0 Å². The van der Waals surface area contributed by atoms with Crippen LogP contribution in [-0.2, 0) is 4.57 Å². The Morgan fingerprint density at radius 1 is 1.00 bits per heavy atom. The molecule has 19 heavy (non-hydrogen) atoms. The summed E-state index contributed by atoms with van der Waals surface area (Å²) in [6.45, 7) is 0. The topological polar surface area (TPSA) is 26.3 Å². The molecule has 0 N–H and O–H groups in total. The Morgan fingerprint density at radius 2 is 1.79 bits per heavy atom. The molecular formula is C16H14O2P+. The Bertz CT molecular complexity index is 632. The van der Waals surface area contributed by atoms with Crippen molar-refractivity contribution in [3.63, 3.8) is 0 Å². The molecular weight excluding hydrogens is 255 g/mol. The molecule has 2 aromatic carbocycles. The van der Waals surface area contributed by atoms with Gasteiger partial charge < -0.3 is 0 Å². The molecule has 0 aliphatic heterocycles. The third kappa shape index (κ3) is 2.74. The molecule has 1 aliphatic carbocycles. The van der Waals surface area contributed by atoms with Crippen LogP contribution in [0.5, 0.6) is 5.75 Å². The standard InChI is InChI=1S/C16H14O2P/c17-19(16-10-2-1-3-11-16)18-15-9-5-8-14(12-15)13-6-4-7-13/h1-3,5-6,8-12H,4,7H2/q+1. The van der Waals surface area contributed by atoms with Crippen LogP contribution < -0.4 is 9.83 Å². The van der Waals surface area contributed by atoms with Crippen LogP contribution in [0.25, 0.3) is 5.57 Å². The lowest BCUT2D eigenvalue weighted by atomic mass is 9.92. The first-order valence-electron chi connectivity index (χ1n) is 6.33. The second-order valence-electron chi connectivity index (χ2n) is 4.48. The van der Waals surface area contributed by atoms with Gasteiger partial charge >= 0.3 is 8.03 Å². The van der Waals surface area contributed by atoms with Gasteiger partial charge in [0.15, 0.2) is 5.75 Å². The molecule has 1 aliphatic rings. The predicted molar refractivity (Wildman–Crippen MR) is 78.0 cm³/mol. The molecule has 0 amide bonds. The van der Waals surface area contributed by atoms with E-state index in [1.165, 1.54) is 11.1 Å². The van der Waals surface area contributed by atoms with E-state index in [0.29, 0.717) is 11.1 Å². The summed E-state index contributed by atoms with van der Waals surface area (Å²) in [4.78, 5) is 0. The summed E-state index contributed by atoms with van der Waals surface area (Å²) < 4.78 is 17.6. The van der Waals surface area contributed by atoms with Crippen molar-refractivity contribution in [2.24, 2.45) is 0 Å². The van der Waals surface area contributed by atoms with E-state index in [0.717, 1.165) is 12.8 Å². The fraction of sp³-hybridized carbons (Fsp3) is 0.125. The maximum absolute atomic E-state index is 12.1. The molecule has 0 bridgehead atoms. The first-order chi connectivity index (χ1) is 9.33. The van der Waals surface area contributed by atoms with Crippen molar-refractivity contribution in [3.8, 4) is 5.75 Å². The number of allylic oxidation sites excluding steroid dienone is 2. The highest BCUT2D eigenvalue weighted by atomic mass is 31.1. The molecule has 1 unspecified atom stereocenters. The number of hydrogen-bond donors (Lipinski definition) is 0. The number of rotatable bonds is 4. The van der Waals surface area contributed by atoms with Crippen LogP contribution in [0.2, 0.25) is 0 Å². The van der Waals surface area contributed by atoms with Gasteiger partial charge in [-0.25, -0.2) is 0 Å². The predicted octanol–water partition coefficient (Wildman–Crippen LogP) is 4.31. The van der Waals surface area contributed by atoms with E-state index in [1.54, 1.807) is 0 Å². The molecule has 0 saturated carbocycles. The van der Waals surface area contributed by atoms with Gasteiger partial charge in [-0.2, -0.15) is 0 Å². The van der Waals surface area contributed by atoms with Crippen molar-refractivity contribution in [2.75, 3.05) is 0 Å². The van der Waals surface area contributed by atoms with E-state index in [4.69, 9.17) is 4.52 Å². The van der Waals surface area contributed by atoms with Gasteiger partial charge in [0.2, 0.25) is 5.30 Å². The monoisotopic (exact) mass is 269 g/mol. The number of benzene rings is 2. The van der Waals surface area contributed by atoms with Crippen molar-refractivity contribution in [1.82, 2.24) is 0 Å². The second-order valence-corrected chi connectivity index (χ2v) is 5.69. The Labute approximate surface area is 113 Å². The van der Waals surface area contributed by atoms with Gasteiger partial charge in [0, 0.05) is 0 Å². The zero-order chi connectivity index (χ0) is 13.1. The van der Waals surface area contributed by atoms with Gasteiger partial charge in [0.25, 0.3) is 0 Å². The maximum Gasteiger partial charge on any atom is 0.597 e. The van der Waals surface area contributed by atoms with Crippen molar-refractivity contribution in [1.29, 1.82) is 0 Å². The molecule has 0 fully saturated rings. The van der Waals surface area contributed by atoms with Crippen LogP contribution in [0, 0.1) is 0 Å². The van der Waals surface area contributed by atoms with Crippen molar-refractivity contribution in [3.05, 3.63) is 66.2 Å². The molecule has 3 rings (SSSR count). The molecule has 0 radical (unpaired) electrons. The van der Waals surface area contributed by atoms with Gasteiger partial charge in [-0.1, -0.05) is 36.4 Å². The Hall–Kier alpha value is -1.92. The van der Waals surface area contributed by atoms with Gasteiger partial charge in [0.05, 0.1) is 0 Å². The van der Waals surface area contributed by atoms with E-state index in [1.807, 2.05) is 48.5 Å². The van der Waals surface area contributed by atoms with Crippen LogP contribution in [0.1, 0.15) is 18.4 Å². The molecule has 0 heterocycles. The van der Waals surface area contributed by atoms with Crippen molar-refractivity contribution in [2.45, 2.75) is 12.8 Å². The highest BCUT2D eigenvalue weighted by Crippen LogP contribution is 2.33. The van der Waals surface area contributed by atoms with E-state index in [-0.39, 0.29) is 0 Å². The fourth-order valence-electron chi connectivity index (χ4n) is 2.00. The first-order valence-corrected chi connectivity index (χ1v) is 7.50. The molecule has 2 nitrogen and oxygen atoms in total. The quantitative estimate of drug-likeness (QED) is 0.773. The lowest BCUT2D eigenvalue weighted by Gasteiger charge is -2.14. The molecule has 3 heteroatoms. The van der Waals surface area contributed by atoms with Crippen molar-refractivity contribution < 1.29 is 9.09 Å². The summed E-state index contributed by atoms with van der Waals surface area (Å²) >= 11 is 0. The van der Waals surface area contributed by atoms with Crippen LogP contribution in [0.4, 0.5) is 0 Å². The smallest absolute Gasteiger partial charge is 0.250 e. The number of hydrogen-bond acceptors (Lipinski definition) is 2. The van der Waals surface area contributed by atoms with Gasteiger partial charge in [0.1, 0.15) is 0 Å². The summed E-state index contributed by atoms with van der Waals surface area (Å²) in [6, 6.07) is 17.1. The first kappa shape index (κ1) is 12.1. The Balaban J connectivity index is 1.78. The summed E-state index contributed by atoms with van der Waals surface area (Å²) in [5, 5.41) is 0.714. The largest absolute Gasteiger partial charge is 0.597 e. The average Bonchev–Trinajstić information content (AvgIpc) is 2.38. The maximum atomic E-state index is 12.1. The highest BCUT2D eigenvalue weighted by molar-refractivity contribution is 7.48. The fourth-order valence-corrected chi connectivity index (χ4v) is 2.83. The third-order valence-corrected chi connectivity index (χ3v) is 4.26. The van der Waals surface area contributed by atoms with Crippen LogP contribution in [0.3, 0.4) is 0 Å². The molecule has 0 spiro atoms. The molecule has 94 valence electrons. The minimum atomic E-state index is -1.84. The third-order valence-electron chi connectivity index (χ3n) is 3.16. The second kappa shape index (κ2) is 5.38. The summed E-state index contributed by atoms with van der Waals surface area (Å²) in [7, 11) is -1.84. The Morgan fingerprint density at radius 3 is 2.47 bits per heavy atom. The molecule has 0 saturated heterocycles. The Kier molecular flexibility index (Phi) is 3.43. The van der Waals surface area contributed by atoms with Crippen molar-refractivity contribution >= 4 is 18.9 Å². The summed E-state index contributed by atoms with van der Waals surface area (Å²) in [5.74, 6) is 0.662. The average molecular weight is 269 g/mol. The van der Waals surface area contributed by atoms with E-state index in [9.17, 15) is 4.57 Å². The van der Waals surface area contributed by atoms with Crippen LogP contribution in [0.15, 0.2) is 60.7 Å². The van der Waals surface area contributed by atoms with Gasteiger partial charge in [-0.15, -0.1) is 0 Å². The van der Waals surface area contributed by atoms with Gasteiger partial charge in [-0.3, -0.25) is 4.52 Å². The normalized spacial score (nSPS) is 14.3. The van der Waals surface area contributed by atoms with Gasteiger partial charge in [-0.05, 0) is 52.8 Å². The highest BCUT2D eigenvalue weighted by Gasteiger charge is 2.23. The van der Waals surface area contributed by atoms with Crippen LogP contribution >= 0.6 is 8.03 Å². The van der Waals surface area contributed by atoms with E-state index >= 15 is 0 Å². The SMILES string of the molecule is O=[P+](Oc1cccc(C2=CCC2)c1)c1ccccc1. The zero-order valence-electron chi connectivity index (χ0n) is 10.5. The summed E-state index contributed by atoms with van der Waals surface area (Å²) in [6.07, 6.45) is 4.49. The minimum absolute atomic E-state index is 0.662. The summed E-state index contributed by atoms with van der Waals surface area (Å²) in [5.41, 5.74) is 2.51. The minimum Gasteiger partial charge on any atom is -0.250 e. The molecule has 0 aromatic heterocycles. The van der Waals surface area contributed by atoms with E-state index < -0.39 is 8.03 Å². The molecule has 2 aromatic rings. The lowest BCUT2D eigenvalue weighted by Crippen LogP contribution is -1.99. The zero-order valence-corrected chi connectivity index (χ0v) is 11.3.